The average molecular weight is 258 g/mol. The molecule has 0 aliphatic carbocycles. The molecule has 0 aliphatic rings. The molecule has 2 rings (SSSR count). The number of pyridine rings is 1. The summed E-state index contributed by atoms with van der Waals surface area (Å²) in [6, 6.07) is 4.42. The SMILES string of the molecule is CCCNC(CCc1cccnc1)c1nccn1C. The maximum Gasteiger partial charge on any atom is 0.125 e. The van der Waals surface area contributed by atoms with Gasteiger partial charge in [0.05, 0.1) is 6.04 Å². The molecule has 1 N–H and O–H groups in total. The van der Waals surface area contributed by atoms with Gasteiger partial charge in [-0.05, 0) is 37.4 Å². The Labute approximate surface area is 114 Å². The summed E-state index contributed by atoms with van der Waals surface area (Å²) in [6.45, 7) is 3.20. The number of hydrogen-bond donors (Lipinski definition) is 1. The quantitative estimate of drug-likeness (QED) is 0.829. The van der Waals surface area contributed by atoms with Crippen LogP contribution < -0.4 is 5.32 Å². The Bertz CT molecular complexity index is 478. The smallest absolute Gasteiger partial charge is 0.125 e. The van der Waals surface area contributed by atoms with Crippen molar-refractivity contribution in [2.75, 3.05) is 6.54 Å². The van der Waals surface area contributed by atoms with Crippen LogP contribution in [0.5, 0.6) is 0 Å². The second-order valence-corrected chi connectivity index (χ2v) is 4.80. The minimum atomic E-state index is 0.306. The molecule has 102 valence electrons. The second kappa shape index (κ2) is 7.04. The van der Waals surface area contributed by atoms with Crippen molar-refractivity contribution in [1.82, 2.24) is 19.9 Å². The third kappa shape index (κ3) is 3.89. The molecule has 0 spiro atoms. The number of rotatable bonds is 7. The lowest BCUT2D eigenvalue weighted by molar-refractivity contribution is 0.465. The maximum atomic E-state index is 4.47. The van der Waals surface area contributed by atoms with Crippen molar-refractivity contribution < 1.29 is 0 Å². The fourth-order valence-electron chi connectivity index (χ4n) is 2.21. The van der Waals surface area contributed by atoms with Gasteiger partial charge in [0.15, 0.2) is 0 Å². The molecule has 0 radical (unpaired) electrons. The molecule has 4 nitrogen and oxygen atoms in total. The first-order valence-electron chi connectivity index (χ1n) is 6.90. The van der Waals surface area contributed by atoms with E-state index in [1.165, 1.54) is 5.56 Å². The fourth-order valence-corrected chi connectivity index (χ4v) is 2.21. The number of nitrogens with zero attached hydrogens (tertiary/aromatic N) is 3. The molecule has 1 unspecified atom stereocenters. The van der Waals surface area contributed by atoms with Crippen molar-refractivity contribution in [2.24, 2.45) is 7.05 Å². The second-order valence-electron chi connectivity index (χ2n) is 4.80. The monoisotopic (exact) mass is 258 g/mol. The van der Waals surface area contributed by atoms with Crippen LogP contribution >= 0.6 is 0 Å². The highest BCUT2D eigenvalue weighted by Gasteiger charge is 2.14. The Hall–Kier alpha value is -1.68. The van der Waals surface area contributed by atoms with E-state index in [-0.39, 0.29) is 0 Å². The normalized spacial score (nSPS) is 12.5. The van der Waals surface area contributed by atoms with Crippen LogP contribution in [0.2, 0.25) is 0 Å². The highest BCUT2D eigenvalue weighted by Crippen LogP contribution is 2.17. The molecule has 2 heterocycles. The van der Waals surface area contributed by atoms with Gasteiger partial charge >= 0.3 is 0 Å². The minimum absolute atomic E-state index is 0.306. The van der Waals surface area contributed by atoms with Gasteiger partial charge in [-0.25, -0.2) is 4.98 Å². The largest absolute Gasteiger partial charge is 0.337 e. The van der Waals surface area contributed by atoms with E-state index in [9.17, 15) is 0 Å². The van der Waals surface area contributed by atoms with E-state index < -0.39 is 0 Å². The van der Waals surface area contributed by atoms with Gasteiger partial charge in [-0.1, -0.05) is 13.0 Å². The van der Waals surface area contributed by atoms with Crippen molar-refractivity contribution in [3.8, 4) is 0 Å². The Morgan fingerprint density at radius 3 is 2.89 bits per heavy atom. The van der Waals surface area contributed by atoms with E-state index >= 15 is 0 Å². The molecule has 2 aromatic heterocycles. The van der Waals surface area contributed by atoms with Gasteiger partial charge in [0.2, 0.25) is 0 Å². The summed E-state index contributed by atoms with van der Waals surface area (Å²) < 4.78 is 2.09. The van der Waals surface area contributed by atoms with Crippen LogP contribution in [0.4, 0.5) is 0 Å². The van der Waals surface area contributed by atoms with Crippen LogP contribution in [0.15, 0.2) is 36.9 Å². The first kappa shape index (κ1) is 13.7. The molecular formula is C15H22N4. The zero-order valence-electron chi connectivity index (χ0n) is 11.7. The minimum Gasteiger partial charge on any atom is -0.337 e. The third-order valence-electron chi connectivity index (χ3n) is 3.26. The lowest BCUT2D eigenvalue weighted by Crippen LogP contribution is -2.25. The van der Waals surface area contributed by atoms with Crippen molar-refractivity contribution in [2.45, 2.75) is 32.2 Å². The van der Waals surface area contributed by atoms with E-state index in [2.05, 4.69) is 32.8 Å². The standard InChI is InChI=1S/C15H22N4/c1-3-8-17-14(15-18-10-11-19(15)2)7-6-13-5-4-9-16-12-13/h4-5,9-12,14,17H,3,6-8H2,1-2H3. The average Bonchev–Trinajstić information content (AvgIpc) is 2.86. The summed E-state index contributed by atoms with van der Waals surface area (Å²) in [7, 11) is 2.05. The van der Waals surface area contributed by atoms with Crippen LogP contribution in [0.25, 0.3) is 0 Å². The molecule has 0 aromatic carbocycles. The number of nitrogens with one attached hydrogen (secondary N) is 1. The molecule has 0 fully saturated rings. The summed E-state index contributed by atoms with van der Waals surface area (Å²) in [6.07, 6.45) is 10.8. The first-order chi connectivity index (χ1) is 9.31. The molecule has 0 saturated heterocycles. The third-order valence-corrected chi connectivity index (χ3v) is 3.26. The molecule has 2 aromatic rings. The predicted molar refractivity (Wildman–Crippen MR) is 76.8 cm³/mol. The van der Waals surface area contributed by atoms with E-state index in [1.807, 2.05) is 37.9 Å². The highest BCUT2D eigenvalue weighted by atomic mass is 15.1. The lowest BCUT2D eigenvalue weighted by Gasteiger charge is -2.18. The molecule has 19 heavy (non-hydrogen) atoms. The summed E-state index contributed by atoms with van der Waals surface area (Å²) in [5.41, 5.74) is 1.28. The van der Waals surface area contributed by atoms with Gasteiger partial charge in [-0.15, -0.1) is 0 Å². The van der Waals surface area contributed by atoms with Crippen LogP contribution in [-0.2, 0) is 13.5 Å². The van der Waals surface area contributed by atoms with Gasteiger partial charge in [0.1, 0.15) is 5.82 Å². The summed E-state index contributed by atoms with van der Waals surface area (Å²) in [5.74, 6) is 1.11. The Morgan fingerprint density at radius 1 is 1.37 bits per heavy atom. The molecule has 0 bridgehead atoms. The zero-order valence-corrected chi connectivity index (χ0v) is 11.7. The molecule has 0 saturated carbocycles. The van der Waals surface area contributed by atoms with E-state index in [4.69, 9.17) is 0 Å². The number of aromatic nitrogens is 3. The van der Waals surface area contributed by atoms with Crippen LogP contribution in [0.3, 0.4) is 0 Å². The number of imidazole rings is 1. The molecule has 4 heteroatoms. The first-order valence-corrected chi connectivity index (χ1v) is 6.90. The van der Waals surface area contributed by atoms with Gasteiger partial charge in [0.25, 0.3) is 0 Å². The van der Waals surface area contributed by atoms with Crippen molar-refractivity contribution in [1.29, 1.82) is 0 Å². The number of aryl methyl sites for hydroxylation is 2. The van der Waals surface area contributed by atoms with E-state index in [1.54, 1.807) is 0 Å². The zero-order chi connectivity index (χ0) is 13.5. The van der Waals surface area contributed by atoms with Crippen LogP contribution in [0.1, 0.15) is 37.2 Å². The summed E-state index contributed by atoms with van der Waals surface area (Å²) in [5, 5.41) is 3.58. The van der Waals surface area contributed by atoms with Crippen molar-refractivity contribution in [3.05, 3.63) is 48.3 Å². The van der Waals surface area contributed by atoms with Gasteiger partial charge in [-0.2, -0.15) is 0 Å². The van der Waals surface area contributed by atoms with E-state index in [0.717, 1.165) is 31.6 Å². The Balaban J connectivity index is 2.00. The fraction of sp³-hybridized carbons (Fsp3) is 0.467. The van der Waals surface area contributed by atoms with Crippen LogP contribution in [-0.4, -0.2) is 21.1 Å². The Kier molecular flexibility index (Phi) is 5.10. The molecular weight excluding hydrogens is 236 g/mol. The van der Waals surface area contributed by atoms with Crippen LogP contribution in [0, 0.1) is 0 Å². The van der Waals surface area contributed by atoms with Gasteiger partial charge < -0.3 is 9.88 Å². The Morgan fingerprint density at radius 2 is 2.26 bits per heavy atom. The highest BCUT2D eigenvalue weighted by molar-refractivity contribution is 5.10. The van der Waals surface area contributed by atoms with Crippen molar-refractivity contribution >= 4 is 0 Å². The predicted octanol–water partition coefficient (Wildman–Crippen LogP) is 2.49. The molecule has 0 amide bonds. The van der Waals surface area contributed by atoms with Gasteiger partial charge in [0, 0.05) is 31.8 Å². The topological polar surface area (TPSA) is 42.7 Å². The number of hydrogen-bond acceptors (Lipinski definition) is 3. The van der Waals surface area contributed by atoms with Crippen molar-refractivity contribution in [3.63, 3.8) is 0 Å². The van der Waals surface area contributed by atoms with E-state index in [0.29, 0.717) is 6.04 Å². The summed E-state index contributed by atoms with van der Waals surface area (Å²) >= 11 is 0. The lowest BCUT2D eigenvalue weighted by atomic mass is 10.1. The molecule has 0 aliphatic heterocycles. The van der Waals surface area contributed by atoms with Gasteiger partial charge in [-0.3, -0.25) is 4.98 Å². The summed E-state index contributed by atoms with van der Waals surface area (Å²) in [4.78, 5) is 8.63. The molecule has 1 atom stereocenters. The maximum absolute atomic E-state index is 4.47.